The highest BCUT2D eigenvalue weighted by Crippen LogP contribution is 2.66. The van der Waals surface area contributed by atoms with Crippen molar-refractivity contribution in [3.05, 3.63) is 53.9 Å². The average Bonchev–Trinajstić information content (AvgIpc) is 3.01. The maximum Gasteiger partial charge on any atom is 0.165 e. The molecule has 1 aromatic rings. The van der Waals surface area contributed by atoms with E-state index in [4.69, 9.17) is 4.74 Å². The molecule has 6 atom stereocenters. The van der Waals surface area contributed by atoms with Crippen LogP contribution >= 0.6 is 0 Å². The van der Waals surface area contributed by atoms with Gasteiger partial charge < -0.3 is 9.84 Å². The number of hydrogen-bond donors (Lipinski definition) is 1. The molecule has 1 saturated heterocycles. The zero-order valence-electron chi connectivity index (χ0n) is 13.1. The van der Waals surface area contributed by atoms with Gasteiger partial charge in [0.05, 0.1) is 0 Å². The van der Waals surface area contributed by atoms with Crippen LogP contribution in [0.1, 0.15) is 30.5 Å². The molecule has 0 saturated carbocycles. The number of ether oxygens (including phenoxy) is 1. The van der Waals surface area contributed by atoms with Crippen LogP contribution in [0.3, 0.4) is 0 Å². The molecule has 1 N–H and O–H groups in total. The van der Waals surface area contributed by atoms with Crippen molar-refractivity contribution in [3.8, 4) is 5.75 Å². The van der Waals surface area contributed by atoms with Gasteiger partial charge in [0.15, 0.2) is 11.6 Å². The summed E-state index contributed by atoms with van der Waals surface area (Å²) < 4.78 is 20.4. The van der Waals surface area contributed by atoms with Gasteiger partial charge in [-0.1, -0.05) is 24.3 Å². The zero-order valence-corrected chi connectivity index (χ0v) is 13.1. The first-order valence-corrected chi connectivity index (χ1v) is 8.32. The Morgan fingerprint density at radius 2 is 2.30 bits per heavy atom. The van der Waals surface area contributed by atoms with Gasteiger partial charge in [-0.2, -0.15) is 0 Å². The molecular formula is C19H20FNO2. The minimum atomic E-state index is -0.678. The second kappa shape index (κ2) is 4.25. The molecular weight excluding hydrogens is 293 g/mol. The van der Waals surface area contributed by atoms with Crippen LogP contribution in [0.2, 0.25) is 0 Å². The van der Waals surface area contributed by atoms with Gasteiger partial charge in [0, 0.05) is 35.5 Å². The largest absolute Gasteiger partial charge is 0.483 e. The summed E-state index contributed by atoms with van der Waals surface area (Å²) in [5.74, 6) is 0.278. The van der Waals surface area contributed by atoms with E-state index in [9.17, 15) is 9.50 Å². The van der Waals surface area contributed by atoms with Crippen LogP contribution in [0.4, 0.5) is 4.39 Å². The second-order valence-corrected chi connectivity index (χ2v) is 7.27. The predicted octanol–water partition coefficient (Wildman–Crippen LogP) is 2.71. The lowest BCUT2D eigenvalue weighted by molar-refractivity contribution is -0.0518. The molecule has 120 valence electrons. The first kappa shape index (κ1) is 13.8. The minimum absolute atomic E-state index is 0.219. The first-order chi connectivity index (χ1) is 11.1. The molecule has 1 aromatic carbocycles. The van der Waals surface area contributed by atoms with Crippen molar-refractivity contribution >= 4 is 0 Å². The molecule has 0 radical (unpaired) electrons. The third kappa shape index (κ3) is 1.38. The van der Waals surface area contributed by atoms with Gasteiger partial charge in [-0.15, -0.1) is 6.58 Å². The maximum atomic E-state index is 14.4. The van der Waals surface area contributed by atoms with E-state index in [1.165, 1.54) is 11.6 Å². The molecule has 2 aliphatic heterocycles. The summed E-state index contributed by atoms with van der Waals surface area (Å²) in [5, 5.41) is 10.5. The van der Waals surface area contributed by atoms with Gasteiger partial charge in [0.2, 0.25) is 0 Å². The van der Waals surface area contributed by atoms with Gasteiger partial charge in [0.1, 0.15) is 12.2 Å². The molecule has 0 amide bonds. The Morgan fingerprint density at radius 3 is 3.09 bits per heavy atom. The molecule has 1 spiro atoms. The number of halogens is 1. The van der Waals surface area contributed by atoms with E-state index < -0.39 is 6.10 Å². The fourth-order valence-corrected chi connectivity index (χ4v) is 5.66. The summed E-state index contributed by atoms with van der Waals surface area (Å²) in [6.45, 7) is 6.93. The lowest BCUT2D eigenvalue weighted by Crippen LogP contribution is -2.60. The van der Waals surface area contributed by atoms with Crippen LogP contribution < -0.4 is 4.74 Å². The van der Waals surface area contributed by atoms with Gasteiger partial charge >= 0.3 is 0 Å². The van der Waals surface area contributed by atoms with Gasteiger partial charge in [-0.3, -0.25) is 4.90 Å². The van der Waals surface area contributed by atoms with Crippen LogP contribution in [0, 0.1) is 11.7 Å². The number of aliphatic hydroxyl groups is 1. The number of benzene rings is 1. The molecule has 4 heteroatoms. The number of fused-ring (bicyclic) bond motifs is 2. The number of nitrogens with zero attached hydrogens (tertiary/aromatic N) is 1. The molecule has 2 aliphatic carbocycles. The zero-order chi connectivity index (χ0) is 15.9. The first-order valence-electron chi connectivity index (χ1n) is 8.32. The van der Waals surface area contributed by atoms with Crippen molar-refractivity contribution in [2.24, 2.45) is 5.92 Å². The Morgan fingerprint density at radius 1 is 1.48 bits per heavy atom. The fraction of sp³-hybridized carbons (Fsp3) is 0.474. The van der Waals surface area contributed by atoms with Gasteiger partial charge in [0.25, 0.3) is 0 Å². The SMILES string of the molecule is C=CCN1C2CC34c5c2ccc(F)c5OC3C(O)C=CC4C1C. The second-order valence-electron chi connectivity index (χ2n) is 7.27. The maximum absolute atomic E-state index is 14.4. The van der Waals surface area contributed by atoms with Gasteiger partial charge in [-0.25, -0.2) is 4.39 Å². The molecule has 1 fully saturated rings. The van der Waals surface area contributed by atoms with Crippen LogP contribution in [-0.4, -0.2) is 34.8 Å². The fourth-order valence-electron chi connectivity index (χ4n) is 5.66. The van der Waals surface area contributed by atoms with Crippen LogP contribution in [-0.2, 0) is 5.41 Å². The topological polar surface area (TPSA) is 32.7 Å². The molecule has 2 bridgehead atoms. The minimum Gasteiger partial charge on any atom is -0.483 e. The lowest BCUT2D eigenvalue weighted by Gasteiger charge is -2.52. The summed E-state index contributed by atoms with van der Waals surface area (Å²) in [5.41, 5.74) is 1.89. The summed E-state index contributed by atoms with van der Waals surface area (Å²) in [4.78, 5) is 2.45. The van der Waals surface area contributed by atoms with E-state index in [1.807, 2.05) is 18.2 Å². The van der Waals surface area contributed by atoms with E-state index in [1.54, 1.807) is 0 Å². The molecule has 23 heavy (non-hydrogen) atoms. The number of rotatable bonds is 2. The Labute approximate surface area is 135 Å². The van der Waals surface area contributed by atoms with E-state index in [-0.39, 0.29) is 29.3 Å². The molecule has 6 unspecified atom stereocenters. The highest BCUT2D eigenvalue weighted by Gasteiger charge is 2.67. The van der Waals surface area contributed by atoms with E-state index in [2.05, 4.69) is 24.5 Å². The standard InChI is InChI=1S/C19H20FNO2/c1-3-8-21-10(2)12-5-7-15(22)18-19(12)9-14(21)11-4-6-13(20)17(23-18)16(11)19/h3-7,10,12,14-15,18,22H,1,8-9H2,2H3. The molecule has 5 rings (SSSR count). The summed E-state index contributed by atoms with van der Waals surface area (Å²) in [6, 6.07) is 3.96. The quantitative estimate of drug-likeness (QED) is 0.852. The summed E-state index contributed by atoms with van der Waals surface area (Å²) in [6.07, 6.45) is 5.71. The highest BCUT2D eigenvalue weighted by atomic mass is 19.1. The lowest BCUT2D eigenvalue weighted by atomic mass is 9.60. The van der Waals surface area contributed by atoms with Crippen molar-refractivity contribution in [2.75, 3.05) is 6.54 Å². The number of aliphatic hydroxyl groups excluding tert-OH is 1. The Kier molecular flexibility index (Phi) is 2.54. The molecule has 0 aromatic heterocycles. The summed E-state index contributed by atoms with van der Waals surface area (Å²) >= 11 is 0. The highest BCUT2D eigenvalue weighted by molar-refractivity contribution is 5.59. The predicted molar refractivity (Wildman–Crippen MR) is 84.9 cm³/mol. The smallest absolute Gasteiger partial charge is 0.165 e. The Bertz CT molecular complexity index is 745. The molecule has 3 nitrogen and oxygen atoms in total. The summed E-state index contributed by atoms with van der Waals surface area (Å²) in [7, 11) is 0. The van der Waals surface area contributed by atoms with E-state index in [0.29, 0.717) is 11.8 Å². The van der Waals surface area contributed by atoms with E-state index in [0.717, 1.165) is 18.5 Å². The van der Waals surface area contributed by atoms with Gasteiger partial charge in [-0.05, 0) is 25.0 Å². The molecule has 4 aliphatic rings. The van der Waals surface area contributed by atoms with Crippen molar-refractivity contribution < 1.29 is 14.2 Å². The van der Waals surface area contributed by atoms with Crippen molar-refractivity contribution in [3.63, 3.8) is 0 Å². The van der Waals surface area contributed by atoms with Crippen molar-refractivity contribution in [1.29, 1.82) is 0 Å². The Balaban J connectivity index is 1.81. The normalized spacial score (nSPS) is 42.5. The van der Waals surface area contributed by atoms with Crippen molar-refractivity contribution in [2.45, 2.75) is 43.1 Å². The number of likely N-dealkylation sites (tertiary alicyclic amines) is 1. The number of piperidine rings is 1. The third-order valence-electron chi connectivity index (χ3n) is 6.45. The van der Waals surface area contributed by atoms with Crippen LogP contribution in [0.5, 0.6) is 5.75 Å². The third-order valence-corrected chi connectivity index (χ3v) is 6.45. The van der Waals surface area contributed by atoms with E-state index >= 15 is 0 Å². The van der Waals surface area contributed by atoms with Crippen LogP contribution in [0.25, 0.3) is 0 Å². The van der Waals surface area contributed by atoms with Crippen LogP contribution in [0.15, 0.2) is 36.9 Å². The number of hydrogen-bond acceptors (Lipinski definition) is 3. The van der Waals surface area contributed by atoms with Crippen molar-refractivity contribution in [1.82, 2.24) is 4.90 Å². The average molecular weight is 313 g/mol. The molecule has 2 heterocycles. The Hall–Kier alpha value is -1.65. The monoisotopic (exact) mass is 313 g/mol.